The van der Waals surface area contributed by atoms with E-state index >= 15 is 0 Å². The maximum atomic E-state index is 12.9. The molecule has 0 atom stereocenters. The minimum atomic E-state index is -1.18. The molecular formula is C23H24N4O4. The van der Waals surface area contributed by atoms with Gasteiger partial charge in [-0.25, -0.2) is 0 Å². The smallest absolute Gasteiger partial charge is 0.254 e. The van der Waals surface area contributed by atoms with Gasteiger partial charge in [-0.1, -0.05) is 24.3 Å². The molecule has 2 aliphatic rings. The van der Waals surface area contributed by atoms with Crippen LogP contribution < -0.4 is 0 Å². The first-order valence-corrected chi connectivity index (χ1v) is 10.5. The van der Waals surface area contributed by atoms with Gasteiger partial charge in [0.25, 0.3) is 11.8 Å². The molecule has 8 nitrogen and oxygen atoms in total. The third-order valence-corrected chi connectivity index (χ3v) is 6.39. The van der Waals surface area contributed by atoms with E-state index in [1.807, 2.05) is 30.3 Å². The number of rotatable bonds is 3. The first kappa shape index (κ1) is 19.6. The van der Waals surface area contributed by atoms with Gasteiger partial charge >= 0.3 is 0 Å². The molecule has 160 valence electrons. The molecule has 2 heterocycles. The predicted octanol–water partition coefficient (Wildman–Crippen LogP) is 2.14. The molecule has 0 bridgehead atoms. The normalized spacial score (nSPS) is 18.1. The monoisotopic (exact) mass is 420 g/mol. The summed E-state index contributed by atoms with van der Waals surface area (Å²) >= 11 is 0. The van der Waals surface area contributed by atoms with Crippen molar-refractivity contribution >= 4 is 22.7 Å². The number of aromatic nitrogens is 2. The summed E-state index contributed by atoms with van der Waals surface area (Å²) < 4.78 is 0. The first-order chi connectivity index (χ1) is 14.9. The summed E-state index contributed by atoms with van der Waals surface area (Å²) in [7, 11) is 0. The number of piperazine rings is 1. The number of hydrogen-bond acceptors (Lipinski definition) is 5. The number of aliphatic hydroxyl groups is 1. The van der Waals surface area contributed by atoms with Crippen molar-refractivity contribution in [1.82, 2.24) is 19.7 Å². The number of benzene rings is 2. The Hall–Kier alpha value is -3.39. The Labute approximate surface area is 179 Å². The van der Waals surface area contributed by atoms with Crippen LogP contribution in [0.2, 0.25) is 0 Å². The largest absolute Gasteiger partial charge is 0.412 e. The SMILES string of the molecule is O=C(c1ccc(-c2ccc3cn(O)nc3c2)cc1)N1CCN(C(=O)C2(O)CCC2)CC1. The summed E-state index contributed by atoms with van der Waals surface area (Å²) in [6, 6.07) is 13.2. The third kappa shape index (κ3) is 3.53. The van der Waals surface area contributed by atoms with E-state index in [2.05, 4.69) is 5.10 Å². The summed E-state index contributed by atoms with van der Waals surface area (Å²) in [5.41, 5.74) is 2.02. The predicted molar refractivity (Wildman–Crippen MR) is 114 cm³/mol. The van der Waals surface area contributed by atoms with Crippen molar-refractivity contribution < 1.29 is 19.9 Å². The van der Waals surface area contributed by atoms with Crippen molar-refractivity contribution in [2.45, 2.75) is 24.9 Å². The molecule has 1 saturated heterocycles. The lowest BCUT2D eigenvalue weighted by Gasteiger charge is -2.42. The number of fused-ring (bicyclic) bond motifs is 1. The van der Waals surface area contributed by atoms with Crippen molar-refractivity contribution in [3.8, 4) is 11.1 Å². The lowest BCUT2D eigenvalue weighted by atomic mass is 9.79. The molecule has 1 aliphatic carbocycles. The second-order valence-electron chi connectivity index (χ2n) is 8.37. The number of carbonyl (C=O) groups is 2. The summed E-state index contributed by atoms with van der Waals surface area (Å²) in [5.74, 6) is -0.256. The van der Waals surface area contributed by atoms with Crippen LogP contribution in [0.25, 0.3) is 22.0 Å². The first-order valence-electron chi connectivity index (χ1n) is 10.5. The summed E-state index contributed by atoms with van der Waals surface area (Å²) in [6.45, 7) is 1.82. The van der Waals surface area contributed by atoms with Crippen molar-refractivity contribution in [2.75, 3.05) is 26.2 Å². The highest BCUT2D eigenvalue weighted by atomic mass is 16.5. The van der Waals surface area contributed by atoms with Gasteiger partial charge in [0.2, 0.25) is 0 Å². The Balaban J connectivity index is 1.24. The fraction of sp³-hybridized carbons (Fsp3) is 0.348. The van der Waals surface area contributed by atoms with Gasteiger partial charge in [-0.2, -0.15) is 0 Å². The fourth-order valence-corrected chi connectivity index (χ4v) is 4.30. The molecule has 8 heteroatoms. The zero-order valence-corrected chi connectivity index (χ0v) is 17.1. The Morgan fingerprint density at radius 3 is 2.19 bits per heavy atom. The minimum Gasteiger partial charge on any atom is -0.412 e. The zero-order chi connectivity index (χ0) is 21.6. The number of amides is 2. The summed E-state index contributed by atoms with van der Waals surface area (Å²) in [4.78, 5) is 29.6. The van der Waals surface area contributed by atoms with Gasteiger partial charge in [0.05, 0.1) is 11.7 Å². The molecule has 2 aromatic carbocycles. The van der Waals surface area contributed by atoms with E-state index in [0.717, 1.165) is 27.8 Å². The van der Waals surface area contributed by atoms with Gasteiger partial charge in [-0.05, 0) is 48.6 Å². The molecule has 1 aromatic heterocycles. The van der Waals surface area contributed by atoms with E-state index in [9.17, 15) is 19.9 Å². The lowest BCUT2D eigenvalue weighted by molar-refractivity contribution is -0.161. The van der Waals surface area contributed by atoms with Gasteiger partial charge < -0.3 is 20.1 Å². The topological polar surface area (TPSA) is 98.9 Å². The number of nitrogens with zero attached hydrogens (tertiary/aromatic N) is 4. The quantitative estimate of drug-likeness (QED) is 0.633. The molecule has 3 aromatic rings. The molecular weight excluding hydrogens is 396 g/mol. The number of carbonyl (C=O) groups excluding carboxylic acids is 2. The fourth-order valence-electron chi connectivity index (χ4n) is 4.30. The summed E-state index contributed by atoms with van der Waals surface area (Å²) in [5, 5.41) is 24.6. The summed E-state index contributed by atoms with van der Waals surface area (Å²) in [6.07, 6.45) is 3.49. The maximum absolute atomic E-state index is 12.9. The van der Waals surface area contributed by atoms with Crippen molar-refractivity contribution in [1.29, 1.82) is 0 Å². The van der Waals surface area contributed by atoms with E-state index in [4.69, 9.17) is 0 Å². The van der Waals surface area contributed by atoms with E-state index in [1.165, 1.54) is 0 Å². The minimum absolute atomic E-state index is 0.0597. The zero-order valence-electron chi connectivity index (χ0n) is 17.1. The maximum Gasteiger partial charge on any atom is 0.254 e. The van der Waals surface area contributed by atoms with Crippen LogP contribution in [0, 0.1) is 0 Å². The molecule has 2 N–H and O–H groups in total. The van der Waals surface area contributed by atoms with Gasteiger partial charge in [-0.15, -0.1) is 9.94 Å². The molecule has 1 aliphatic heterocycles. The molecule has 1 saturated carbocycles. The van der Waals surface area contributed by atoms with Crippen molar-refractivity contribution in [3.05, 3.63) is 54.2 Å². The Bertz CT molecular complexity index is 1140. The van der Waals surface area contributed by atoms with E-state index in [1.54, 1.807) is 28.1 Å². The van der Waals surface area contributed by atoms with E-state index in [-0.39, 0.29) is 11.8 Å². The molecule has 5 rings (SSSR count). The molecule has 0 unspecified atom stereocenters. The van der Waals surface area contributed by atoms with Crippen LogP contribution in [0.1, 0.15) is 29.6 Å². The second kappa shape index (κ2) is 7.39. The molecule has 0 radical (unpaired) electrons. The average Bonchev–Trinajstić information content (AvgIpc) is 3.16. The Morgan fingerprint density at radius 2 is 1.55 bits per heavy atom. The van der Waals surface area contributed by atoms with Crippen LogP contribution in [-0.4, -0.2) is 73.7 Å². The van der Waals surface area contributed by atoms with Gasteiger partial charge in [0, 0.05) is 37.1 Å². The highest BCUT2D eigenvalue weighted by Crippen LogP contribution is 2.33. The van der Waals surface area contributed by atoms with Crippen LogP contribution in [0.3, 0.4) is 0 Å². The highest BCUT2D eigenvalue weighted by Gasteiger charge is 2.45. The van der Waals surface area contributed by atoms with Crippen LogP contribution in [0.15, 0.2) is 48.7 Å². The Kier molecular flexibility index (Phi) is 4.66. The van der Waals surface area contributed by atoms with E-state index in [0.29, 0.717) is 50.1 Å². The standard InChI is InChI=1S/C23H24N4O4/c28-21(25-10-12-26(13-11-25)22(29)23(30)8-1-9-23)17-4-2-16(3-5-17)18-6-7-19-15-27(31)24-20(19)14-18/h2-7,14-15,30-31H,1,8-13H2. The average molecular weight is 420 g/mol. The molecule has 2 fully saturated rings. The van der Waals surface area contributed by atoms with Gasteiger partial charge in [0.15, 0.2) is 0 Å². The van der Waals surface area contributed by atoms with Gasteiger partial charge in [-0.3, -0.25) is 9.59 Å². The van der Waals surface area contributed by atoms with Crippen molar-refractivity contribution in [2.24, 2.45) is 0 Å². The van der Waals surface area contributed by atoms with Crippen LogP contribution >= 0.6 is 0 Å². The third-order valence-electron chi connectivity index (χ3n) is 6.39. The lowest BCUT2D eigenvalue weighted by Crippen LogP contribution is -2.58. The molecule has 2 amide bonds. The van der Waals surface area contributed by atoms with Gasteiger partial charge in [0.1, 0.15) is 5.60 Å². The Morgan fingerprint density at radius 1 is 0.903 bits per heavy atom. The second-order valence-corrected chi connectivity index (χ2v) is 8.37. The van der Waals surface area contributed by atoms with Crippen LogP contribution in [0.4, 0.5) is 0 Å². The molecule has 0 spiro atoms. The molecule has 31 heavy (non-hydrogen) atoms. The van der Waals surface area contributed by atoms with E-state index < -0.39 is 5.60 Å². The highest BCUT2D eigenvalue weighted by molar-refractivity contribution is 5.95. The van der Waals surface area contributed by atoms with Crippen LogP contribution in [-0.2, 0) is 4.79 Å². The number of hydrogen-bond donors (Lipinski definition) is 2. The van der Waals surface area contributed by atoms with Crippen molar-refractivity contribution in [3.63, 3.8) is 0 Å². The van der Waals surface area contributed by atoms with Crippen LogP contribution in [0.5, 0.6) is 0 Å².